The number of amides is 1. The van der Waals surface area contributed by atoms with E-state index in [1.807, 2.05) is 24.3 Å². The predicted molar refractivity (Wildman–Crippen MR) is 93.4 cm³/mol. The van der Waals surface area contributed by atoms with Gasteiger partial charge in [-0.1, -0.05) is 49.2 Å². The monoisotopic (exact) mass is 305 g/mol. The van der Waals surface area contributed by atoms with E-state index < -0.39 is 0 Å². The number of carbonyl (C=O) groups excluding carboxylic acids is 1. The number of benzene rings is 2. The summed E-state index contributed by atoms with van der Waals surface area (Å²) in [4.78, 5) is 12.0. The molecule has 2 atom stereocenters. The number of hydrogen-bond acceptors (Lipinski definition) is 1. The minimum atomic E-state index is -0.322. The van der Waals surface area contributed by atoms with E-state index in [1.165, 1.54) is 43.2 Å². The standard InChI is InChI=1S/C21H23NO/c22-21(23)19-13-12-17-16-9-5-4-6-14(16)10-11-18(17)20(19)15-7-2-1-3-8-15/h1-3,7-8,12-14,16H,4-6,9-11H2,(H2,22,23). The molecule has 0 saturated heterocycles. The smallest absolute Gasteiger partial charge is 0.249 e. The van der Waals surface area contributed by atoms with Gasteiger partial charge in [-0.05, 0) is 65.8 Å². The number of nitrogens with two attached hydrogens (primary N) is 1. The van der Waals surface area contributed by atoms with Gasteiger partial charge in [0.25, 0.3) is 0 Å². The van der Waals surface area contributed by atoms with Crippen molar-refractivity contribution in [3.8, 4) is 11.1 Å². The molecule has 118 valence electrons. The first-order valence-electron chi connectivity index (χ1n) is 8.76. The van der Waals surface area contributed by atoms with Crippen LogP contribution in [0.25, 0.3) is 11.1 Å². The van der Waals surface area contributed by atoms with Crippen molar-refractivity contribution >= 4 is 5.91 Å². The molecule has 2 unspecified atom stereocenters. The molecule has 2 aromatic carbocycles. The lowest BCUT2D eigenvalue weighted by molar-refractivity contribution is 0.100. The zero-order valence-electron chi connectivity index (χ0n) is 13.4. The Balaban J connectivity index is 1.91. The first kappa shape index (κ1) is 14.5. The number of fused-ring (bicyclic) bond motifs is 3. The molecule has 2 aliphatic carbocycles. The summed E-state index contributed by atoms with van der Waals surface area (Å²) < 4.78 is 0. The van der Waals surface area contributed by atoms with Crippen LogP contribution in [0, 0.1) is 5.92 Å². The van der Waals surface area contributed by atoms with E-state index in [0.717, 1.165) is 23.5 Å². The molecular formula is C21H23NO. The summed E-state index contributed by atoms with van der Waals surface area (Å²) in [5.41, 5.74) is 11.4. The molecule has 1 saturated carbocycles. The molecule has 1 amide bonds. The molecule has 0 aliphatic heterocycles. The Morgan fingerprint density at radius 2 is 1.74 bits per heavy atom. The lowest BCUT2D eigenvalue weighted by atomic mass is 9.66. The van der Waals surface area contributed by atoms with E-state index in [0.29, 0.717) is 11.5 Å². The van der Waals surface area contributed by atoms with Crippen LogP contribution < -0.4 is 5.73 Å². The average molecular weight is 305 g/mol. The van der Waals surface area contributed by atoms with Crippen molar-refractivity contribution in [3.05, 3.63) is 59.2 Å². The van der Waals surface area contributed by atoms with Gasteiger partial charge in [-0.2, -0.15) is 0 Å². The van der Waals surface area contributed by atoms with Gasteiger partial charge in [-0.3, -0.25) is 4.79 Å². The molecule has 0 heterocycles. The van der Waals surface area contributed by atoms with Crippen molar-refractivity contribution in [1.82, 2.24) is 0 Å². The molecule has 2 aliphatic rings. The van der Waals surface area contributed by atoms with E-state index in [2.05, 4.69) is 18.2 Å². The van der Waals surface area contributed by atoms with E-state index >= 15 is 0 Å². The largest absolute Gasteiger partial charge is 0.366 e. The summed E-state index contributed by atoms with van der Waals surface area (Å²) in [6.07, 6.45) is 7.69. The topological polar surface area (TPSA) is 43.1 Å². The van der Waals surface area contributed by atoms with Crippen LogP contribution in [0.15, 0.2) is 42.5 Å². The summed E-state index contributed by atoms with van der Waals surface area (Å²) in [5, 5.41) is 0. The molecule has 2 aromatic rings. The Morgan fingerprint density at radius 1 is 0.957 bits per heavy atom. The Bertz CT molecular complexity index is 735. The molecule has 2 heteroatoms. The highest BCUT2D eigenvalue weighted by Crippen LogP contribution is 2.47. The normalized spacial score (nSPS) is 23.0. The maximum atomic E-state index is 12.0. The molecule has 0 aromatic heterocycles. The second kappa shape index (κ2) is 5.84. The van der Waals surface area contributed by atoms with Crippen LogP contribution in [0.2, 0.25) is 0 Å². The maximum absolute atomic E-state index is 12.0. The van der Waals surface area contributed by atoms with E-state index in [4.69, 9.17) is 5.73 Å². The van der Waals surface area contributed by atoms with Gasteiger partial charge in [-0.15, -0.1) is 0 Å². The molecule has 0 spiro atoms. The van der Waals surface area contributed by atoms with Crippen molar-refractivity contribution in [2.75, 3.05) is 0 Å². The third kappa shape index (κ3) is 2.46. The number of rotatable bonds is 2. The fourth-order valence-corrected chi connectivity index (χ4v) is 4.71. The first-order chi connectivity index (χ1) is 11.3. The average Bonchev–Trinajstić information content (AvgIpc) is 2.61. The van der Waals surface area contributed by atoms with Crippen molar-refractivity contribution in [2.45, 2.75) is 44.4 Å². The van der Waals surface area contributed by atoms with Gasteiger partial charge < -0.3 is 5.73 Å². The quantitative estimate of drug-likeness (QED) is 0.860. The maximum Gasteiger partial charge on any atom is 0.249 e. The second-order valence-electron chi connectivity index (χ2n) is 6.98. The summed E-state index contributed by atoms with van der Waals surface area (Å²) >= 11 is 0. The van der Waals surface area contributed by atoms with Crippen LogP contribution in [0.3, 0.4) is 0 Å². The molecule has 4 rings (SSSR count). The SMILES string of the molecule is NC(=O)c1ccc2c(c1-c1ccccc1)CCC1CCCCC21. The zero-order valence-corrected chi connectivity index (χ0v) is 13.4. The highest BCUT2D eigenvalue weighted by Gasteiger charge is 2.33. The Labute approximate surface area is 137 Å². The van der Waals surface area contributed by atoms with Gasteiger partial charge in [0.2, 0.25) is 5.91 Å². The van der Waals surface area contributed by atoms with Crippen LogP contribution in [0.5, 0.6) is 0 Å². The molecule has 0 radical (unpaired) electrons. The highest BCUT2D eigenvalue weighted by atomic mass is 16.1. The van der Waals surface area contributed by atoms with Crippen molar-refractivity contribution < 1.29 is 4.79 Å². The summed E-state index contributed by atoms with van der Waals surface area (Å²) in [7, 11) is 0. The Kier molecular flexibility index (Phi) is 3.68. The minimum absolute atomic E-state index is 0.322. The van der Waals surface area contributed by atoms with Gasteiger partial charge in [0.15, 0.2) is 0 Å². The van der Waals surface area contributed by atoms with Crippen molar-refractivity contribution in [2.24, 2.45) is 11.7 Å². The predicted octanol–water partition coefficient (Wildman–Crippen LogP) is 4.67. The summed E-state index contributed by atoms with van der Waals surface area (Å²) in [6, 6.07) is 14.4. The van der Waals surface area contributed by atoms with Crippen LogP contribution in [-0.2, 0) is 6.42 Å². The van der Waals surface area contributed by atoms with Gasteiger partial charge in [0, 0.05) is 5.56 Å². The molecule has 1 fully saturated rings. The molecular weight excluding hydrogens is 282 g/mol. The van der Waals surface area contributed by atoms with E-state index in [-0.39, 0.29) is 5.91 Å². The highest BCUT2D eigenvalue weighted by molar-refractivity contribution is 6.01. The van der Waals surface area contributed by atoms with Crippen LogP contribution in [0.4, 0.5) is 0 Å². The van der Waals surface area contributed by atoms with Crippen LogP contribution in [0.1, 0.15) is 59.5 Å². The first-order valence-corrected chi connectivity index (χ1v) is 8.76. The zero-order chi connectivity index (χ0) is 15.8. The lowest BCUT2D eigenvalue weighted by Crippen LogP contribution is -2.25. The number of carbonyl (C=O) groups is 1. The van der Waals surface area contributed by atoms with Gasteiger partial charge >= 0.3 is 0 Å². The van der Waals surface area contributed by atoms with E-state index in [1.54, 1.807) is 0 Å². The van der Waals surface area contributed by atoms with Gasteiger partial charge in [0.05, 0.1) is 0 Å². The number of primary amides is 1. The fraction of sp³-hybridized carbons (Fsp3) is 0.381. The van der Waals surface area contributed by atoms with Gasteiger partial charge in [0.1, 0.15) is 0 Å². The van der Waals surface area contributed by atoms with E-state index in [9.17, 15) is 4.79 Å². The van der Waals surface area contributed by atoms with Crippen molar-refractivity contribution in [3.63, 3.8) is 0 Å². The summed E-state index contributed by atoms with van der Waals surface area (Å²) in [6.45, 7) is 0. The third-order valence-electron chi connectivity index (χ3n) is 5.75. The van der Waals surface area contributed by atoms with Crippen LogP contribution in [-0.4, -0.2) is 5.91 Å². The second-order valence-corrected chi connectivity index (χ2v) is 6.98. The number of hydrogen-bond donors (Lipinski definition) is 1. The Hall–Kier alpha value is -2.09. The molecule has 2 N–H and O–H groups in total. The molecule has 2 nitrogen and oxygen atoms in total. The van der Waals surface area contributed by atoms with Crippen molar-refractivity contribution in [1.29, 1.82) is 0 Å². The Morgan fingerprint density at radius 3 is 2.52 bits per heavy atom. The lowest BCUT2D eigenvalue weighted by Gasteiger charge is -2.38. The van der Waals surface area contributed by atoms with Crippen LogP contribution >= 0.6 is 0 Å². The summed E-state index contributed by atoms with van der Waals surface area (Å²) in [5.74, 6) is 1.19. The van der Waals surface area contributed by atoms with Gasteiger partial charge in [-0.25, -0.2) is 0 Å². The molecule has 23 heavy (non-hydrogen) atoms. The molecule has 0 bridgehead atoms. The third-order valence-corrected chi connectivity index (χ3v) is 5.75. The minimum Gasteiger partial charge on any atom is -0.366 e. The fourth-order valence-electron chi connectivity index (χ4n) is 4.71.